The fourth-order valence-electron chi connectivity index (χ4n) is 3.05. The molecule has 0 amide bonds. The molecule has 0 aliphatic carbocycles. The van der Waals surface area contributed by atoms with Gasteiger partial charge in [-0.3, -0.25) is 0 Å². The molecule has 1 aromatic heterocycles. The molecule has 4 rings (SSSR count). The Balaban J connectivity index is 1.47. The number of aromatic nitrogens is 2. The van der Waals surface area contributed by atoms with Crippen LogP contribution in [0, 0.1) is 0 Å². The first-order valence-corrected chi connectivity index (χ1v) is 9.22. The molecule has 2 N–H and O–H groups in total. The summed E-state index contributed by atoms with van der Waals surface area (Å²) in [6, 6.07) is 11.2. The highest BCUT2D eigenvalue weighted by Crippen LogP contribution is 2.40. The molecule has 30 heavy (non-hydrogen) atoms. The molecule has 0 unspecified atom stereocenters. The third kappa shape index (κ3) is 4.09. The van der Waals surface area contributed by atoms with E-state index < -0.39 is 0 Å². The summed E-state index contributed by atoms with van der Waals surface area (Å²) in [5, 5.41) is 6.45. The van der Waals surface area contributed by atoms with Gasteiger partial charge in [0, 0.05) is 30.6 Å². The Bertz CT molecular complexity index is 1020. The molecule has 0 fully saturated rings. The maximum atomic E-state index is 5.41. The molecule has 156 valence electrons. The van der Waals surface area contributed by atoms with E-state index in [1.54, 1.807) is 33.6 Å². The van der Waals surface area contributed by atoms with Gasteiger partial charge in [-0.2, -0.15) is 4.98 Å². The molecule has 1 aliphatic rings. The number of benzene rings is 2. The van der Waals surface area contributed by atoms with Crippen LogP contribution >= 0.6 is 0 Å². The molecule has 0 radical (unpaired) electrons. The Morgan fingerprint density at radius 3 is 2.43 bits per heavy atom. The summed E-state index contributed by atoms with van der Waals surface area (Å²) in [6.07, 6.45) is 1.68. The molecule has 2 heterocycles. The van der Waals surface area contributed by atoms with E-state index in [4.69, 9.17) is 23.7 Å². The van der Waals surface area contributed by atoms with Crippen LogP contribution in [0.1, 0.15) is 5.56 Å². The molecule has 0 spiro atoms. The molecule has 0 atom stereocenters. The molecule has 0 bridgehead atoms. The molecular formula is C21H22N4O5. The Kier molecular flexibility index (Phi) is 5.60. The van der Waals surface area contributed by atoms with Gasteiger partial charge in [-0.15, -0.1) is 0 Å². The van der Waals surface area contributed by atoms with Gasteiger partial charge < -0.3 is 34.3 Å². The quantitative estimate of drug-likeness (QED) is 0.577. The summed E-state index contributed by atoms with van der Waals surface area (Å²) in [5.41, 5.74) is 1.77. The zero-order chi connectivity index (χ0) is 20.9. The molecule has 9 heteroatoms. The van der Waals surface area contributed by atoms with Crippen LogP contribution in [0.15, 0.2) is 42.6 Å². The molecule has 0 saturated heterocycles. The van der Waals surface area contributed by atoms with Crippen LogP contribution in [0.3, 0.4) is 0 Å². The first kappa shape index (κ1) is 19.4. The second-order valence-corrected chi connectivity index (χ2v) is 6.35. The summed E-state index contributed by atoms with van der Waals surface area (Å²) in [5.74, 6) is 4.24. The fraction of sp³-hybridized carbons (Fsp3) is 0.238. The van der Waals surface area contributed by atoms with Gasteiger partial charge in [0.25, 0.3) is 0 Å². The van der Waals surface area contributed by atoms with Crippen molar-refractivity contribution in [3.8, 4) is 28.7 Å². The SMILES string of the molecule is COc1cc(Nc2ccnc(NCc3ccc4c(c3)OCO4)n2)cc(OC)c1OC. The maximum absolute atomic E-state index is 5.41. The van der Waals surface area contributed by atoms with Crippen molar-refractivity contribution in [3.63, 3.8) is 0 Å². The van der Waals surface area contributed by atoms with E-state index in [1.807, 2.05) is 30.3 Å². The van der Waals surface area contributed by atoms with Gasteiger partial charge in [-0.1, -0.05) is 6.07 Å². The van der Waals surface area contributed by atoms with Crippen molar-refractivity contribution in [1.29, 1.82) is 0 Å². The number of nitrogens with one attached hydrogen (secondary N) is 2. The highest BCUT2D eigenvalue weighted by Gasteiger charge is 2.15. The molecular weight excluding hydrogens is 388 g/mol. The van der Waals surface area contributed by atoms with Crippen LogP contribution in [-0.4, -0.2) is 38.1 Å². The molecule has 1 aliphatic heterocycles. The van der Waals surface area contributed by atoms with E-state index in [2.05, 4.69) is 20.6 Å². The summed E-state index contributed by atoms with van der Waals surface area (Å²) in [6.45, 7) is 0.800. The van der Waals surface area contributed by atoms with Gasteiger partial charge in [0.05, 0.1) is 21.3 Å². The van der Waals surface area contributed by atoms with Gasteiger partial charge in [0.15, 0.2) is 23.0 Å². The average molecular weight is 410 g/mol. The van der Waals surface area contributed by atoms with Gasteiger partial charge in [-0.05, 0) is 23.8 Å². The van der Waals surface area contributed by atoms with Crippen molar-refractivity contribution in [2.45, 2.75) is 6.54 Å². The molecule has 9 nitrogen and oxygen atoms in total. The lowest BCUT2D eigenvalue weighted by Crippen LogP contribution is -2.05. The lowest BCUT2D eigenvalue weighted by Gasteiger charge is -2.15. The molecule has 3 aromatic rings. The van der Waals surface area contributed by atoms with Crippen LogP contribution < -0.4 is 34.3 Å². The van der Waals surface area contributed by atoms with Gasteiger partial charge >= 0.3 is 0 Å². The first-order chi connectivity index (χ1) is 14.7. The number of hydrogen-bond donors (Lipinski definition) is 2. The minimum Gasteiger partial charge on any atom is -0.493 e. The largest absolute Gasteiger partial charge is 0.493 e. The number of rotatable bonds is 8. The number of ether oxygens (including phenoxy) is 5. The number of hydrogen-bond acceptors (Lipinski definition) is 9. The van der Waals surface area contributed by atoms with Crippen molar-refractivity contribution in [3.05, 3.63) is 48.2 Å². The Morgan fingerprint density at radius 1 is 0.933 bits per heavy atom. The Labute approximate surface area is 173 Å². The highest BCUT2D eigenvalue weighted by molar-refractivity contribution is 5.66. The maximum Gasteiger partial charge on any atom is 0.231 e. The van der Waals surface area contributed by atoms with E-state index in [0.29, 0.717) is 35.6 Å². The van der Waals surface area contributed by atoms with Crippen molar-refractivity contribution in [2.24, 2.45) is 0 Å². The van der Waals surface area contributed by atoms with E-state index in [-0.39, 0.29) is 6.79 Å². The predicted molar refractivity (Wildman–Crippen MR) is 111 cm³/mol. The third-order valence-electron chi connectivity index (χ3n) is 4.48. The van der Waals surface area contributed by atoms with Crippen LogP contribution in [0.5, 0.6) is 28.7 Å². The van der Waals surface area contributed by atoms with Crippen LogP contribution in [-0.2, 0) is 6.54 Å². The molecule has 2 aromatic carbocycles. The van der Waals surface area contributed by atoms with E-state index >= 15 is 0 Å². The minimum atomic E-state index is 0.254. The predicted octanol–water partition coefficient (Wildman–Crippen LogP) is 3.59. The zero-order valence-electron chi connectivity index (χ0n) is 16.9. The fourth-order valence-corrected chi connectivity index (χ4v) is 3.05. The zero-order valence-corrected chi connectivity index (χ0v) is 16.9. The van der Waals surface area contributed by atoms with Gasteiger partial charge in [0.2, 0.25) is 18.5 Å². The summed E-state index contributed by atoms with van der Waals surface area (Å²) < 4.78 is 26.9. The van der Waals surface area contributed by atoms with Crippen LogP contribution in [0.2, 0.25) is 0 Å². The van der Waals surface area contributed by atoms with Crippen molar-refractivity contribution < 1.29 is 23.7 Å². The summed E-state index contributed by atoms with van der Waals surface area (Å²) in [7, 11) is 4.71. The smallest absolute Gasteiger partial charge is 0.231 e. The monoisotopic (exact) mass is 410 g/mol. The Morgan fingerprint density at radius 2 is 1.70 bits per heavy atom. The van der Waals surface area contributed by atoms with Crippen molar-refractivity contribution in [2.75, 3.05) is 38.8 Å². The van der Waals surface area contributed by atoms with Crippen molar-refractivity contribution >= 4 is 17.5 Å². The summed E-state index contributed by atoms with van der Waals surface area (Å²) >= 11 is 0. The second kappa shape index (κ2) is 8.64. The lowest BCUT2D eigenvalue weighted by molar-refractivity contribution is 0.174. The normalized spacial score (nSPS) is 11.7. The molecule has 0 saturated carbocycles. The number of anilines is 3. The standard InChI is InChI=1S/C21H22N4O5/c1-26-17-9-14(10-18(27-2)20(17)28-3)24-19-6-7-22-21(25-19)23-11-13-4-5-15-16(8-13)30-12-29-15/h4-10H,11-12H2,1-3H3,(H2,22,23,24,25). The van der Waals surface area contributed by atoms with E-state index in [9.17, 15) is 0 Å². The minimum absolute atomic E-state index is 0.254. The highest BCUT2D eigenvalue weighted by atomic mass is 16.7. The van der Waals surface area contributed by atoms with Crippen LogP contribution in [0.25, 0.3) is 0 Å². The first-order valence-electron chi connectivity index (χ1n) is 9.22. The number of nitrogens with zero attached hydrogens (tertiary/aromatic N) is 2. The van der Waals surface area contributed by atoms with E-state index in [1.165, 1.54) is 0 Å². The second-order valence-electron chi connectivity index (χ2n) is 6.35. The van der Waals surface area contributed by atoms with Crippen molar-refractivity contribution in [1.82, 2.24) is 9.97 Å². The number of methoxy groups -OCH3 is 3. The van der Waals surface area contributed by atoms with Gasteiger partial charge in [-0.25, -0.2) is 4.98 Å². The van der Waals surface area contributed by atoms with E-state index in [0.717, 1.165) is 22.7 Å². The third-order valence-corrected chi connectivity index (χ3v) is 4.48. The van der Waals surface area contributed by atoms with Gasteiger partial charge in [0.1, 0.15) is 5.82 Å². The van der Waals surface area contributed by atoms with Crippen LogP contribution in [0.4, 0.5) is 17.5 Å². The topological polar surface area (TPSA) is 96.0 Å². The lowest BCUT2D eigenvalue weighted by atomic mass is 10.2. The summed E-state index contributed by atoms with van der Waals surface area (Å²) in [4.78, 5) is 8.78. The number of fused-ring (bicyclic) bond motifs is 1. The average Bonchev–Trinajstić information content (AvgIpc) is 3.25. The Hall–Kier alpha value is -3.88.